The van der Waals surface area contributed by atoms with Crippen molar-refractivity contribution in [1.82, 2.24) is 10.2 Å². The Bertz CT molecular complexity index is 322. The third kappa shape index (κ3) is 3.47. The number of ether oxygens (including phenoxy) is 1. The van der Waals surface area contributed by atoms with E-state index in [0.29, 0.717) is 0 Å². The van der Waals surface area contributed by atoms with E-state index in [2.05, 4.69) is 11.9 Å². The zero-order chi connectivity index (χ0) is 12.1. The van der Waals surface area contributed by atoms with Crippen LogP contribution in [0, 0.1) is 0 Å². The monoisotopic (exact) mass is 226 g/mol. The molecule has 0 atom stereocenters. The minimum Gasteiger partial charge on any atom is -0.463 e. The first-order chi connectivity index (χ1) is 7.52. The standard InChI is InChI=1S/C10H14N2O4/c1-3-16-10(15)7(2)4-12-5-8(13)11-9(14)6-12/h2-6H2,1H3,(H,11,13,14). The molecule has 1 saturated heterocycles. The molecule has 6 heteroatoms. The Morgan fingerprint density at radius 3 is 2.50 bits per heavy atom. The molecular weight excluding hydrogens is 212 g/mol. The number of carbonyl (C=O) groups is 3. The van der Waals surface area contributed by atoms with Gasteiger partial charge in [0.15, 0.2) is 0 Å². The molecule has 0 bridgehead atoms. The van der Waals surface area contributed by atoms with Gasteiger partial charge in [-0.2, -0.15) is 0 Å². The predicted octanol–water partition coefficient (Wildman–Crippen LogP) is -0.936. The number of nitrogens with zero attached hydrogens (tertiary/aromatic N) is 1. The Balaban J connectivity index is 2.47. The van der Waals surface area contributed by atoms with E-state index in [0.717, 1.165) is 0 Å². The summed E-state index contributed by atoms with van der Waals surface area (Å²) in [7, 11) is 0. The summed E-state index contributed by atoms with van der Waals surface area (Å²) in [5.74, 6) is -1.23. The number of esters is 1. The zero-order valence-electron chi connectivity index (χ0n) is 9.12. The normalized spacial score (nSPS) is 16.8. The third-order valence-corrected chi connectivity index (χ3v) is 1.99. The molecule has 0 aromatic rings. The van der Waals surface area contributed by atoms with Gasteiger partial charge in [0.05, 0.1) is 19.7 Å². The number of nitrogens with one attached hydrogen (secondary N) is 1. The topological polar surface area (TPSA) is 75.7 Å². The van der Waals surface area contributed by atoms with Crippen molar-refractivity contribution in [3.8, 4) is 0 Å². The molecule has 1 aliphatic rings. The van der Waals surface area contributed by atoms with Crippen LogP contribution in [-0.2, 0) is 19.1 Å². The maximum Gasteiger partial charge on any atom is 0.334 e. The molecule has 0 spiro atoms. The van der Waals surface area contributed by atoms with E-state index in [1.54, 1.807) is 11.8 Å². The molecule has 1 aliphatic heterocycles. The van der Waals surface area contributed by atoms with Crippen LogP contribution in [0.3, 0.4) is 0 Å². The molecule has 1 rings (SSSR count). The zero-order valence-corrected chi connectivity index (χ0v) is 9.12. The molecule has 1 heterocycles. The van der Waals surface area contributed by atoms with Crippen LogP contribution in [0.1, 0.15) is 6.92 Å². The van der Waals surface area contributed by atoms with Crippen LogP contribution in [0.25, 0.3) is 0 Å². The molecule has 1 fully saturated rings. The summed E-state index contributed by atoms with van der Waals surface area (Å²) in [6, 6.07) is 0. The van der Waals surface area contributed by atoms with Gasteiger partial charge in [-0.3, -0.25) is 19.8 Å². The van der Waals surface area contributed by atoms with Gasteiger partial charge in [0.25, 0.3) is 0 Å². The van der Waals surface area contributed by atoms with E-state index in [-0.39, 0.29) is 43.6 Å². The second kappa shape index (κ2) is 5.41. The van der Waals surface area contributed by atoms with Crippen molar-refractivity contribution < 1.29 is 19.1 Å². The van der Waals surface area contributed by atoms with Crippen LogP contribution in [0.5, 0.6) is 0 Å². The molecule has 16 heavy (non-hydrogen) atoms. The van der Waals surface area contributed by atoms with E-state index in [4.69, 9.17) is 4.74 Å². The SMILES string of the molecule is C=C(CN1CC(=O)NC(=O)C1)C(=O)OCC. The predicted molar refractivity (Wildman–Crippen MR) is 55.4 cm³/mol. The van der Waals surface area contributed by atoms with Crippen molar-refractivity contribution in [2.75, 3.05) is 26.2 Å². The molecule has 0 unspecified atom stereocenters. The number of carbonyl (C=O) groups excluding carboxylic acids is 3. The van der Waals surface area contributed by atoms with Crippen molar-refractivity contribution >= 4 is 17.8 Å². The molecular formula is C10H14N2O4. The molecule has 0 aromatic carbocycles. The van der Waals surface area contributed by atoms with Crippen molar-refractivity contribution in [2.24, 2.45) is 0 Å². The van der Waals surface area contributed by atoms with E-state index < -0.39 is 5.97 Å². The number of amides is 2. The lowest BCUT2D eigenvalue weighted by atomic mass is 10.2. The molecule has 88 valence electrons. The van der Waals surface area contributed by atoms with Gasteiger partial charge in [-0.25, -0.2) is 4.79 Å². The highest BCUT2D eigenvalue weighted by Gasteiger charge is 2.24. The Morgan fingerprint density at radius 2 is 2.00 bits per heavy atom. The number of imide groups is 1. The first-order valence-electron chi connectivity index (χ1n) is 4.93. The van der Waals surface area contributed by atoms with Gasteiger partial charge >= 0.3 is 5.97 Å². The summed E-state index contributed by atoms with van der Waals surface area (Å²) in [5.41, 5.74) is 0.240. The highest BCUT2D eigenvalue weighted by Crippen LogP contribution is 2.02. The average molecular weight is 226 g/mol. The Labute approximate surface area is 93.2 Å². The van der Waals surface area contributed by atoms with E-state index in [1.807, 2.05) is 0 Å². The minimum absolute atomic E-state index is 0.0875. The fraction of sp³-hybridized carbons (Fsp3) is 0.500. The maximum atomic E-state index is 11.2. The quantitative estimate of drug-likeness (QED) is 0.380. The summed E-state index contributed by atoms with van der Waals surface area (Å²) in [6.45, 7) is 5.87. The van der Waals surface area contributed by atoms with Crippen LogP contribution < -0.4 is 5.32 Å². The number of piperazine rings is 1. The summed E-state index contributed by atoms with van der Waals surface area (Å²) in [6.07, 6.45) is 0. The molecule has 0 saturated carbocycles. The second-order valence-electron chi connectivity index (χ2n) is 3.44. The van der Waals surface area contributed by atoms with Gasteiger partial charge in [-0.05, 0) is 6.92 Å². The van der Waals surface area contributed by atoms with Crippen LogP contribution in [-0.4, -0.2) is 48.9 Å². The number of hydrogen-bond acceptors (Lipinski definition) is 5. The molecule has 0 radical (unpaired) electrons. The lowest BCUT2D eigenvalue weighted by molar-refractivity contribution is -0.140. The van der Waals surface area contributed by atoms with Gasteiger partial charge in [-0.1, -0.05) is 6.58 Å². The lowest BCUT2D eigenvalue weighted by Crippen LogP contribution is -2.52. The highest BCUT2D eigenvalue weighted by atomic mass is 16.5. The Morgan fingerprint density at radius 1 is 1.44 bits per heavy atom. The fourth-order valence-corrected chi connectivity index (χ4v) is 1.38. The molecule has 2 amide bonds. The Hall–Kier alpha value is -1.69. The first-order valence-corrected chi connectivity index (χ1v) is 4.93. The van der Waals surface area contributed by atoms with Crippen molar-refractivity contribution in [1.29, 1.82) is 0 Å². The van der Waals surface area contributed by atoms with Gasteiger partial charge in [0.1, 0.15) is 0 Å². The first kappa shape index (κ1) is 12.4. The number of hydrogen-bond donors (Lipinski definition) is 1. The van der Waals surface area contributed by atoms with Crippen molar-refractivity contribution in [2.45, 2.75) is 6.92 Å². The smallest absolute Gasteiger partial charge is 0.334 e. The fourth-order valence-electron chi connectivity index (χ4n) is 1.38. The lowest BCUT2D eigenvalue weighted by Gasteiger charge is -2.25. The summed E-state index contributed by atoms with van der Waals surface area (Å²) < 4.78 is 4.75. The average Bonchev–Trinajstić information content (AvgIpc) is 2.16. The van der Waals surface area contributed by atoms with Gasteiger partial charge in [-0.15, -0.1) is 0 Å². The van der Waals surface area contributed by atoms with Crippen molar-refractivity contribution in [3.05, 3.63) is 12.2 Å². The van der Waals surface area contributed by atoms with Crippen LogP contribution in [0.2, 0.25) is 0 Å². The van der Waals surface area contributed by atoms with E-state index in [9.17, 15) is 14.4 Å². The molecule has 1 N–H and O–H groups in total. The number of rotatable bonds is 4. The summed E-state index contributed by atoms with van der Waals surface area (Å²) in [4.78, 5) is 34.9. The van der Waals surface area contributed by atoms with Crippen LogP contribution >= 0.6 is 0 Å². The Kier molecular flexibility index (Phi) is 4.19. The second-order valence-corrected chi connectivity index (χ2v) is 3.44. The van der Waals surface area contributed by atoms with Gasteiger partial charge in [0, 0.05) is 12.1 Å². The van der Waals surface area contributed by atoms with Crippen LogP contribution in [0.4, 0.5) is 0 Å². The minimum atomic E-state index is -0.499. The third-order valence-electron chi connectivity index (χ3n) is 1.99. The summed E-state index contributed by atoms with van der Waals surface area (Å²) in [5, 5.41) is 2.17. The largest absolute Gasteiger partial charge is 0.463 e. The highest BCUT2D eigenvalue weighted by molar-refractivity contribution is 5.99. The molecule has 0 aliphatic carbocycles. The van der Waals surface area contributed by atoms with E-state index in [1.165, 1.54) is 0 Å². The van der Waals surface area contributed by atoms with Crippen molar-refractivity contribution in [3.63, 3.8) is 0 Å². The maximum absolute atomic E-state index is 11.2. The van der Waals surface area contributed by atoms with Gasteiger partial charge < -0.3 is 4.74 Å². The van der Waals surface area contributed by atoms with Crippen LogP contribution in [0.15, 0.2) is 12.2 Å². The molecule has 6 nitrogen and oxygen atoms in total. The molecule has 0 aromatic heterocycles. The van der Waals surface area contributed by atoms with Gasteiger partial charge in [0.2, 0.25) is 11.8 Å². The summed E-state index contributed by atoms with van der Waals surface area (Å²) >= 11 is 0. The van der Waals surface area contributed by atoms with E-state index >= 15 is 0 Å².